The van der Waals surface area contributed by atoms with Crippen molar-refractivity contribution in [2.45, 2.75) is 20.4 Å². The molecule has 0 atom stereocenters. The molecule has 1 N–H and O–H groups in total. The van der Waals surface area contributed by atoms with Crippen molar-refractivity contribution in [1.82, 2.24) is 9.80 Å². The number of likely N-dealkylation sites (N-methyl/N-ethyl adjacent to an activating group) is 1. The zero-order chi connectivity index (χ0) is 19.7. The van der Waals surface area contributed by atoms with E-state index in [4.69, 9.17) is 4.42 Å². The van der Waals surface area contributed by atoms with Crippen LogP contribution in [0, 0.1) is 6.92 Å². The fourth-order valence-corrected chi connectivity index (χ4v) is 3.99. The highest BCUT2D eigenvalue weighted by atomic mass is 16.3. The molecule has 146 valence electrons. The van der Waals surface area contributed by atoms with Crippen LogP contribution in [0.25, 0.3) is 22.1 Å². The van der Waals surface area contributed by atoms with E-state index in [0.29, 0.717) is 34.4 Å². The van der Waals surface area contributed by atoms with E-state index < -0.39 is 0 Å². The van der Waals surface area contributed by atoms with Gasteiger partial charge >= 0.3 is 0 Å². The van der Waals surface area contributed by atoms with Crippen molar-refractivity contribution in [1.29, 1.82) is 0 Å². The van der Waals surface area contributed by atoms with Crippen LogP contribution in [0.15, 0.2) is 51.7 Å². The third kappa shape index (κ3) is 3.43. The second kappa shape index (κ2) is 7.78. The molecule has 3 aromatic rings. The van der Waals surface area contributed by atoms with Gasteiger partial charge in [0, 0.05) is 32.7 Å². The van der Waals surface area contributed by atoms with Crippen molar-refractivity contribution in [2.75, 3.05) is 32.7 Å². The van der Waals surface area contributed by atoms with Gasteiger partial charge in [-0.3, -0.25) is 9.69 Å². The molecule has 0 radical (unpaired) electrons. The second-order valence-electron chi connectivity index (χ2n) is 7.38. The molecular formula is C23H26N2O3. The monoisotopic (exact) mass is 378 g/mol. The van der Waals surface area contributed by atoms with Gasteiger partial charge in [0.05, 0.1) is 16.5 Å². The molecule has 5 heteroatoms. The van der Waals surface area contributed by atoms with Crippen molar-refractivity contribution in [2.24, 2.45) is 0 Å². The average molecular weight is 378 g/mol. The topological polar surface area (TPSA) is 56.9 Å². The Hall–Kier alpha value is -2.63. The van der Waals surface area contributed by atoms with Crippen molar-refractivity contribution in [3.63, 3.8) is 0 Å². The molecular weight excluding hydrogens is 352 g/mol. The molecule has 0 saturated carbocycles. The molecule has 1 aliphatic rings. The summed E-state index contributed by atoms with van der Waals surface area (Å²) in [6.45, 7) is 9.54. The van der Waals surface area contributed by atoms with Gasteiger partial charge in [-0.15, -0.1) is 0 Å². The fourth-order valence-electron chi connectivity index (χ4n) is 3.99. The summed E-state index contributed by atoms with van der Waals surface area (Å²) in [5, 5.41) is 11.0. The van der Waals surface area contributed by atoms with Crippen LogP contribution in [0.3, 0.4) is 0 Å². The van der Waals surface area contributed by atoms with Gasteiger partial charge in [-0.2, -0.15) is 0 Å². The number of piperazine rings is 1. The molecule has 2 heterocycles. The zero-order valence-corrected chi connectivity index (χ0v) is 16.4. The van der Waals surface area contributed by atoms with Crippen LogP contribution >= 0.6 is 0 Å². The van der Waals surface area contributed by atoms with Gasteiger partial charge in [0.1, 0.15) is 17.1 Å². The van der Waals surface area contributed by atoms with Crippen LogP contribution < -0.4 is 5.43 Å². The Balaban J connectivity index is 1.76. The smallest absolute Gasteiger partial charge is 0.200 e. The summed E-state index contributed by atoms with van der Waals surface area (Å²) in [6, 6.07) is 12.9. The number of phenolic OH excluding ortho intramolecular Hbond substituents is 1. The summed E-state index contributed by atoms with van der Waals surface area (Å²) >= 11 is 0. The summed E-state index contributed by atoms with van der Waals surface area (Å²) in [5.41, 5.74) is 2.58. The maximum Gasteiger partial charge on any atom is 0.200 e. The summed E-state index contributed by atoms with van der Waals surface area (Å²) in [6.07, 6.45) is 0. The van der Waals surface area contributed by atoms with E-state index in [0.717, 1.165) is 38.3 Å². The number of hydrogen-bond acceptors (Lipinski definition) is 5. The lowest BCUT2D eigenvalue weighted by Crippen LogP contribution is -2.45. The van der Waals surface area contributed by atoms with Crippen LogP contribution in [-0.2, 0) is 6.54 Å². The lowest BCUT2D eigenvalue weighted by atomic mass is 10.0. The molecule has 0 amide bonds. The minimum Gasteiger partial charge on any atom is -0.507 e. The highest BCUT2D eigenvalue weighted by molar-refractivity contribution is 5.86. The molecule has 0 bridgehead atoms. The summed E-state index contributed by atoms with van der Waals surface area (Å²) < 4.78 is 6.13. The van der Waals surface area contributed by atoms with Crippen LogP contribution in [-0.4, -0.2) is 47.6 Å². The number of phenols is 1. The third-order valence-corrected chi connectivity index (χ3v) is 5.67. The summed E-state index contributed by atoms with van der Waals surface area (Å²) in [5.74, 6) is 0.756. The van der Waals surface area contributed by atoms with E-state index in [2.05, 4.69) is 16.7 Å². The van der Waals surface area contributed by atoms with Crippen molar-refractivity contribution >= 4 is 11.0 Å². The Bertz CT molecular complexity index is 1040. The first kappa shape index (κ1) is 18.7. The van der Waals surface area contributed by atoms with Gasteiger partial charge in [0.15, 0.2) is 0 Å². The van der Waals surface area contributed by atoms with E-state index >= 15 is 0 Å². The molecule has 0 unspecified atom stereocenters. The van der Waals surface area contributed by atoms with Crippen molar-refractivity contribution in [3.8, 4) is 16.9 Å². The minimum atomic E-state index is -0.0537. The summed E-state index contributed by atoms with van der Waals surface area (Å²) in [4.78, 5) is 17.9. The number of nitrogens with zero attached hydrogens (tertiary/aromatic N) is 2. The number of rotatable bonds is 4. The molecule has 0 spiro atoms. The Morgan fingerprint density at radius 3 is 2.36 bits per heavy atom. The minimum absolute atomic E-state index is 0.0537. The van der Waals surface area contributed by atoms with E-state index in [9.17, 15) is 9.90 Å². The van der Waals surface area contributed by atoms with Gasteiger partial charge in [-0.25, -0.2) is 0 Å². The van der Waals surface area contributed by atoms with E-state index in [-0.39, 0.29) is 11.2 Å². The standard InChI is InChI=1S/C23H26N2O3/c1-3-24-11-13-25(14-12-24)15-19-20(26)10-9-18-22(27)21(16(2)28-23(18)19)17-7-5-4-6-8-17/h4-10,26H,3,11-15H2,1-2H3. The molecule has 2 aromatic carbocycles. The van der Waals surface area contributed by atoms with Crippen molar-refractivity contribution < 1.29 is 9.52 Å². The number of aromatic hydroxyl groups is 1. The first-order chi connectivity index (χ1) is 13.6. The Morgan fingerprint density at radius 1 is 1.00 bits per heavy atom. The van der Waals surface area contributed by atoms with Crippen LogP contribution in [0.5, 0.6) is 5.75 Å². The van der Waals surface area contributed by atoms with E-state index in [1.165, 1.54) is 0 Å². The number of aryl methyl sites for hydroxylation is 1. The normalized spacial score (nSPS) is 15.9. The maximum atomic E-state index is 13.2. The Kier molecular flexibility index (Phi) is 5.20. The molecule has 5 nitrogen and oxygen atoms in total. The van der Waals surface area contributed by atoms with Gasteiger partial charge < -0.3 is 14.4 Å². The molecule has 0 aliphatic carbocycles. The van der Waals surface area contributed by atoms with Crippen LogP contribution in [0.4, 0.5) is 0 Å². The van der Waals surface area contributed by atoms with Crippen molar-refractivity contribution in [3.05, 3.63) is 64.0 Å². The van der Waals surface area contributed by atoms with E-state index in [1.54, 1.807) is 12.1 Å². The van der Waals surface area contributed by atoms with Gasteiger partial charge in [0.25, 0.3) is 0 Å². The highest BCUT2D eigenvalue weighted by Crippen LogP contribution is 2.31. The lowest BCUT2D eigenvalue weighted by Gasteiger charge is -2.34. The predicted octanol–water partition coefficient (Wildman–Crippen LogP) is 3.61. The molecule has 1 aromatic heterocycles. The molecule has 1 aliphatic heterocycles. The zero-order valence-electron chi connectivity index (χ0n) is 16.4. The first-order valence-corrected chi connectivity index (χ1v) is 9.87. The number of hydrogen-bond donors (Lipinski definition) is 1. The van der Waals surface area contributed by atoms with Gasteiger partial charge in [-0.05, 0) is 31.2 Å². The maximum absolute atomic E-state index is 13.2. The SMILES string of the molecule is CCN1CCN(Cc2c(O)ccc3c(=O)c(-c4ccccc4)c(C)oc23)CC1. The first-order valence-electron chi connectivity index (χ1n) is 9.87. The van der Waals surface area contributed by atoms with Crippen LogP contribution in [0.2, 0.25) is 0 Å². The lowest BCUT2D eigenvalue weighted by molar-refractivity contribution is 0.131. The predicted molar refractivity (Wildman–Crippen MR) is 112 cm³/mol. The third-order valence-electron chi connectivity index (χ3n) is 5.67. The number of fused-ring (bicyclic) bond motifs is 1. The highest BCUT2D eigenvalue weighted by Gasteiger charge is 2.21. The Morgan fingerprint density at radius 2 is 1.68 bits per heavy atom. The summed E-state index contributed by atoms with van der Waals surface area (Å²) in [7, 11) is 0. The number of benzene rings is 2. The van der Waals surface area contributed by atoms with Gasteiger partial charge in [-0.1, -0.05) is 37.3 Å². The van der Waals surface area contributed by atoms with Gasteiger partial charge in [0.2, 0.25) is 5.43 Å². The quantitative estimate of drug-likeness (QED) is 0.752. The average Bonchev–Trinajstić information content (AvgIpc) is 2.71. The Labute approximate surface area is 164 Å². The molecule has 1 saturated heterocycles. The van der Waals surface area contributed by atoms with E-state index in [1.807, 2.05) is 37.3 Å². The molecule has 28 heavy (non-hydrogen) atoms. The largest absolute Gasteiger partial charge is 0.507 e. The molecule has 1 fully saturated rings. The second-order valence-corrected chi connectivity index (χ2v) is 7.38. The van der Waals surface area contributed by atoms with Crippen LogP contribution in [0.1, 0.15) is 18.2 Å². The molecule has 4 rings (SSSR count). The fraction of sp³-hybridized carbons (Fsp3) is 0.348.